The third-order valence-corrected chi connectivity index (χ3v) is 4.26. The first kappa shape index (κ1) is 15.6. The molecule has 23 heavy (non-hydrogen) atoms. The van der Waals surface area contributed by atoms with Gasteiger partial charge < -0.3 is 5.11 Å². The highest BCUT2D eigenvalue weighted by Gasteiger charge is 2.28. The number of hydrogen-bond acceptors (Lipinski definition) is 2. The molecular weight excluding hydrogens is 288 g/mol. The van der Waals surface area contributed by atoms with Crippen molar-refractivity contribution in [3.05, 3.63) is 59.2 Å². The zero-order chi connectivity index (χ0) is 16.4. The van der Waals surface area contributed by atoms with Gasteiger partial charge in [0.05, 0.1) is 0 Å². The molecule has 2 aromatic rings. The summed E-state index contributed by atoms with van der Waals surface area (Å²) < 4.78 is 0. The van der Waals surface area contributed by atoms with Gasteiger partial charge in [0.2, 0.25) is 0 Å². The van der Waals surface area contributed by atoms with E-state index in [4.69, 9.17) is 5.11 Å². The van der Waals surface area contributed by atoms with Crippen molar-refractivity contribution in [2.24, 2.45) is 5.92 Å². The molecule has 1 unspecified atom stereocenters. The Hall–Kier alpha value is -2.33. The molecule has 3 N–H and O–H groups in total. The van der Waals surface area contributed by atoms with E-state index in [1.54, 1.807) is 0 Å². The quantitative estimate of drug-likeness (QED) is 0.737. The number of carboxylic acid groups (broad SMARTS) is 1. The topological polar surface area (TPSA) is 61.4 Å². The minimum absolute atomic E-state index is 0.167. The predicted molar refractivity (Wildman–Crippen MR) is 91.4 cm³/mol. The number of hydrazine groups is 1. The summed E-state index contributed by atoms with van der Waals surface area (Å²) in [4.78, 5) is 10.7. The Morgan fingerprint density at radius 1 is 1.13 bits per heavy atom. The summed E-state index contributed by atoms with van der Waals surface area (Å²) in [5, 5.41) is 8.75. The second-order valence-corrected chi connectivity index (χ2v) is 6.47. The van der Waals surface area contributed by atoms with Gasteiger partial charge in [0.1, 0.15) is 0 Å². The third-order valence-electron chi connectivity index (χ3n) is 4.26. The minimum atomic E-state index is -1.06. The van der Waals surface area contributed by atoms with Crippen LogP contribution in [-0.2, 0) is 6.42 Å². The molecule has 1 amide bonds. The fraction of sp³-hybridized carbons (Fsp3) is 0.316. The average molecular weight is 310 g/mol. The Kier molecular flexibility index (Phi) is 4.35. The Bertz CT molecular complexity index is 725. The summed E-state index contributed by atoms with van der Waals surface area (Å²) in [6.45, 7) is 4.98. The standard InChI is InChI=1S/C19H22N2O2/c1-12(2)9-13-7-8-16-14-5-3-4-6-15(14)18(17(16)10-13)11-20-21-19(22)23/h3-8,10,12,18,20-21H,9,11H2,1-2H3,(H,22,23). The smallest absolute Gasteiger partial charge is 0.419 e. The highest BCUT2D eigenvalue weighted by atomic mass is 16.4. The van der Waals surface area contributed by atoms with Gasteiger partial charge in [-0.05, 0) is 40.2 Å². The van der Waals surface area contributed by atoms with Crippen molar-refractivity contribution in [3.8, 4) is 11.1 Å². The van der Waals surface area contributed by atoms with Crippen LogP contribution < -0.4 is 10.9 Å². The van der Waals surface area contributed by atoms with Crippen LogP contribution in [0.4, 0.5) is 4.79 Å². The maximum atomic E-state index is 10.7. The number of benzene rings is 2. The molecule has 0 spiro atoms. The molecule has 0 fully saturated rings. The van der Waals surface area contributed by atoms with E-state index in [2.05, 4.69) is 61.1 Å². The van der Waals surface area contributed by atoms with Crippen molar-refractivity contribution in [3.63, 3.8) is 0 Å². The molecule has 0 radical (unpaired) electrons. The van der Waals surface area contributed by atoms with E-state index in [1.807, 2.05) is 6.07 Å². The van der Waals surface area contributed by atoms with Crippen LogP contribution in [0.25, 0.3) is 11.1 Å². The van der Waals surface area contributed by atoms with E-state index >= 15 is 0 Å². The lowest BCUT2D eigenvalue weighted by molar-refractivity contribution is 0.189. The van der Waals surface area contributed by atoms with Gasteiger partial charge in [-0.15, -0.1) is 0 Å². The number of carbonyl (C=O) groups is 1. The second kappa shape index (κ2) is 6.42. The van der Waals surface area contributed by atoms with Crippen LogP contribution in [0.15, 0.2) is 42.5 Å². The van der Waals surface area contributed by atoms with Gasteiger partial charge in [0.15, 0.2) is 0 Å². The van der Waals surface area contributed by atoms with Crippen molar-refractivity contribution >= 4 is 6.09 Å². The van der Waals surface area contributed by atoms with Crippen LogP contribution in [0.5, 0.6) is 0 Å². The van der Waals surface area contributed by atoms with Crippen molar-refractivity contribution in [2.45, 2.75) is 26.2 Å². The van der Waals surface area contributed by atoms with Gasteiger partial charge in [-0.2, -0.15) is 0 Å². The molecule has 0 bridgehead atoms. The number of amides is 1. The minimum Gasteiger partial charge on any atom is -0.464 e. The largest absolute Gasteiger partial charge is 0.464 e. The van der Waals surface area contributed by atoms with Crippen LogP contribution in [0.2, 0.25) is 0 Å². The molecule has 0 aromatic heterocycles. The molecule has 4 nitrogen and oxygen atoms in total. The van der Waals surface area contributed by atoms with E-state index in [9.17, 15) is 4.79 Å². The van der Waals surface area contributed by atoms with Crippen LogP contribution in [0.1, 0.15) is 36.5 Å². The van der Waals surface area contributed by atoms with Gasteiger partial charge in [0.25, 0.3) is 0 Å². The molecule has 0 heterocycles. The first-order chi connectivity index (χ1) is 11.1. The zero-order valence-electron chi connectivity index (χ0n) is 13.5. The molecule has 0 aliphatic heterocycles. The number of nitrogens with one attached hydrogen (secondary N) is 2. The lowest BCUT2D eigenvalue weighted by Gasteiger charge is -2.15. The molecule has 120 valence electrons. The average Bonchev–Trinajstić information content (AvgIpc) is 2.80. The number of rotatable bonds is 5. The molecule has 4 heteroatoms. The zero-order valence-corrected chi connectivity index (χ0v) is 13.5. The Balaban J connectivity index is 1.94. The summed E-state index contributed by atoms with van der Waals surface area (Å²) in [5.74, 6) is 0.780. The van der Waals surface area contributed by atoms with Crippen molar-refractivity contribution in [2.75, 3.05) is 6.54 Å². The highest BCUT2D eigenvalue weighted by Crippen LogP contribution is 2.44. The van der Waals surface area contributed by atoms with Crippen molar-refractivity contribution < 1.29 is 9.90 Å². The van der Waals surface area contributed by atoms with E-state index in [-0.39, 0.29) is 5.92 Å². The first-order valence-electron chi connectivity index (χ1n) is 8.00. The molecule has 2 aromatic carbocycles. The summed E-state index contributed by atoms with van der Waals surface area (Å²) in [6, 6.07) is 15.1. The second-order valence-electron chi connectivity index (χ2n) is 6.47. The summed E-state index contributed by atoms with van der Waals surface area (Å²) in [6.07, 6.45) is -0.0120. The molecule has 3 rings (SSSR count). The van der Waals surface area contributed by atoms with E-state index in [0.717, 1.165) is 6.42 Å². The molecule has 1 atom stereocenters. The van der Waals surface area contributed by atoms with Crippen LogP contribution in [-0.4, -0.2) is 17.7 Å². The normalized spacial score (nSPS) is 15.3. The summed E-state index contributed by atoms with van der Waals surface area (Å²) in [5.41, 5.74) is 11.4. The van der Waals surface area contributed by atoms with Gasteiger partial charge >= 0.3 is 6.09 Å². The first-order valence-corrected chi connectivity index (χ1v) is 8.00. The molecule has 1 aliphatic carbocycles. The van der Waals surface area contributed by atoms with Crippen molar-refractivity contribution in [1.82, 2.24) is 10.9 Å². The predicted octanol–water partition coefficient (Wildman–Crippen LogP) is 3.77. The Morgan fingerprint density at radius 3 is 2.61 bits per heavy atom. The van der Waals surface area contributed by atoms with Crippen molar-refractivity contribution in [1.29, 1.82) is 0 Å². The van der Waals surface area contributed by atoms with E-state index in [0.29, 0.717) is 12.5 Å². The van der Waals surface area contributed by atoms with Crippen LogP contribution >= 0.6 is 0 Å². The molecular formula is C19H22N2O2. The fourth-order valence-corrected chi connectivity index (χ4v) is 3.41. The van der Waals surface area contributed by atoms with Crippen LogP contribution in [0.3, 0.4) is 0 Å². The summed E-state index contributed by atoms with van der Waals surface area (Å²) >= 11 is 0. The molecule has 0 saturated heterocycles. The maximum Gasteiger partial charge on any atom is 0.419 e. The number of hydrogen-bond donors (Lipinski definition) is 3. The highest BCUT2D eigenvalue weighted by molar-refractivity contribution is 5.79. The lowest BCUT2D eigenvalue weighted by Crippen LogP contribution is -2.38. The lowest BCUT2D eigenvalue weighted by atomic mass is 9.93. The van der Waals surface area contributed by atoms with Gasteiger partial charge in [-0.25, -0.2) is 10.2 Å². The number of fused-ring (bicyclic) bond motifs is 3. The Morgan fingerprint density at radius 2 is 1.87 bits per heavy atom. The van der Waals surface area contributed by atoms with Gasteiger partial charge in [-0.1, -0.05) is 56.3 Å². The summed E-state index contributed by atoms with van der Waals surface area (Å²) in [7, 11) is 0. The van der Waals surface area contributed by atoms with Crippen LogP contribution in [0, 0.1) is 5.92 Å². The van der Waals surface area contributed by atoms with E-state index in [1.165, 1.54) is 27.8 Å². The third kappa shape index (κ3) is 3.22. The molecule has 1 aliphatic rings. The fourth-order valence-electron chi connectivity index (χ4n) is 3.41. The van der Waals surface area contributed by atoms with Gasteiger partial charge in [-0.3, -0.25) is 5.43 Å². The Labute approximate surface area is 136 Å². The van der Waals surface area contributed by atoms with E-state index < -0.39 is 6.09 Å². The maximum absolute atomic E-state index is 10.7. The van der Waals surface area contributed by atoms with Gasteiger partial charge in [0, 0.05) is 12.5 Å². The molecule has 0 saturated carbocycles. The monoisotopic (exact) mass is 310 g/mol. The SMILES string of the molecule is CC(C)Cc1ccc2c(c1)C(CNNC(=O)O)c1ccccc1-2.